The number of nitro groups is 1. The molecule has 0 saturated heterocycles. The van der Waals surface area contributed by atoms with Gasteiger partial charge in [0.05, 0.1) is 4.92 Å². The molecule has 1 aromatic rings. The Morgan fingerprint density at radius 3 is 2.75 bits per heavy atom. The molecule has 0 bridgehead atoms. The van der Waals surface area contributed by atoms with Crippen molar-refractivity contribution in [1.82, 2.24) is 4.90 Å². The van der Waals surface area contributed by atoms with Crippen LogP contribution in [0.15, 0.2) is 18.2 Å². The molecule has 1 saturated carbocycles. The first-order valence-electron chi connectivity index (χ1n) is 6.86. The lowest BCUT2D eigenvalue weighted by Gasteiger charge is -2.22. The van der Waals surface area contributed by atoms with Crippen molar-refractivity contribution in [2.75, 3.05) is 18.8 Å². The fraction of sp³-hybridized carbons (Fsp3) is 0.500. The highest BCUT2D eigenvalue weighted by molar-refractivity contribution is 5.95. The minimum Gasteiger partial charge on any atom is -0.393 e. The summed E-state index contributed by atoms with van der Waals surface area (Å²) in [5.74, 6) is 0.441. The second-order valence-electron chi connectivity index (χ2n) is 5.23. The van der Waals surface area contributed by atoms with Gasteiger partial charge in [-0.2, -0.15) is 0 Å². The van der Waals surface area contributed by atoms with Gasteiger partial charge in [0.25, 0.3) is 11.6 Å². The number of benzene rings is 1. The number of nitrogen functional groups attached to an aromatic ring is 1. The van der Waals surface area contributed by atoms with Crippen LogP contribution in [0, 0.1) is 16.0 Å². The first kappa shape index (κ1) is 14.3. The summed E-state index contributed by atoms with van der Waals surface area (Å²) in [5.41, 5.74) is 5.75. The molecule has 1 aromatic carbocycles. The van der Waals surface area contributed by atoms with E-state index in [4.69, 9.17) is 5.73 Å². The fourth-order valence-electron chi connectivity index (χ4n) is 2.18. The van der Waals surface area contributed by atoms with Crippen molar-refractivity contribution < 1.29 is 9.72 Å². The van der Waals surface area contributed by atoms with E-state index in [0.717, 1.165) is 25.8 Å². The molecule has 2 N–H and O–H groups in total. The monoisotopic (exact) mass is 277 g/mol. The lowest BCUT2D eigenvalue weighted by molar-refractivity contribution is -0.383. The molecule has 108 valence electrons. The average Bonchev–Trinajstić information content (AvgIpc) is 3.21. The number of hydrogen-bond donors (Lipinski definition) is 1. The van der Waals surface area contributed by atoms with E-state index in [1.807, 2.05) is 6.92 Å². The largest absolute Gasteiger partial charge is 0.393 e. The predicted octanol–water partition coefficient (Wildman–Crippen LogP) is 2.44. The number of carbonyl (C=O) groups is 1. The van der Waals surface area contributed by atoms with Crippen LogP contribution in [0.1, 0.15) is 36.5 Å². The van der Waals surface area contributed by atoms with Crippen LogP contribution in [0.3, 0.4) is 0 Å². The molecule has 0 unspecified atom stereocenters. The first-order chi connectivity index (χ1) is 9.52. The Morgan fingerprint density at radius 1 is 1.50 bits per heavy atom. The summed E-state index contributed by atoms with van der Waals surface area (Å²) >= 11 is 0. The molecule has 2 rings (SSSR count). The van der Waals surface area contributed by atoms with Gasteiger partial charge in [0.2, 0.25) is 0 Å². The van der Waals surface area contributed by atoms with Gasteiger partial charge in [-0.15, -0.1) is 0 Å². The van der Waals surface area contributed by atoms with E-state index in [2.05, 4.69) is 0 Å². The standard InChI is InChI=1S/C14H19N3O3/c1-2-7-16(9-10-3-4-10)14(18)11-5-6-12(15)13(8-11)17(19)20/h5-6,8,10H,2-4,7,9,15H2,1H3. The van der Waals surface area contributed by atoms with Crippen LogP contribution in [0.2, 0.25) is 0 Å². The molecule has 0 aromatic heterocycles. The van der Waals surface area contributed by atoms with Crippen molar-refractivity contribution in [3.8, 4) is 0 Å². The highest BCUT2D eigenvalue weighted by Crippen LogP contribution is 2.30. The number of anilines is 1. The number of nitro benzene ring substituents is 1. The number of carbonyl (C=O) groups excluding carboxylic acids is 1. The number of rotatable bonds is 6. The van der Waals surface area contributed by atoms with Crippen LogP contribution in [0.5, 0.6) is 0 Å². The molecule has 0 atom stereocenters. The Hall–Kier alpha value is -2.11. The lowest BCUT2D eigenvalue weighted by atomic mass is 10.1. The van der Waals surface area contributed by atoms with Gasteiger partial charge in [-0.25, -0.2) is 0 Å². The molecule has 6 nitrogen and oxygen atoms in total. The van der Waals surface area contributed by atoms with Crippen molar-refractivity contribution in [3.63, 3.8) is 0 Å². The summed E-state index contributed by atoms with van der Waals surface area (Å²) in [4.78, 5) is 24.6. The molecular formula is C14H19N3O3. The van der Waals surface area contributed by atoms with E-state index < -0.39 is 4.92 Å². The predicted molar refractivity (Wildman–Crippen MR) is 76.4 cm³/mol. The third-order valence-corrected chi connectivity index (χ3v) is 3.43. The summed E-state index contributed by atoms with van der Waals surface area (Å²) in [5, 5.41) is 10.9. The number of amides is 1. The third-order valence-electron chi connectivity index (χ3n) is 3.43. The molecule has 20 heavy (non-hydrogen) atoms. The summed E-state index contributed by atoms with van der Waals surface area (Å²) in [6.45, 7) is 3.43. The van der Waals surface area contributed by atoms with Crippen molar-refractivity contribution in [2.24, 2.45) is 5.92 Å². The van der Waals surface area contributed by atoms with Gasteiger partial charge in [0, 0.05) is 24.7 Å². The van der Waals surface area contributed by atoms with Crippen molar-refractivity contribution in [2.45, 2.75) is 26.2 Å². The van der Waals surface area contributed by atoms with Crippen LogP contribution >= 0.6 is 0 Å². The molecule has 1 aliphatic carbocycles. The van der Waals surface area contributed by atoms with E-state index in [0.29, 0.717) is 18.0 Å². The third kappa shape index (κ3) is 3.26. The van der Waals surface area contributed by atoms with E-state index in [9.17, 15) is 14.9 Å². The van der Waals surface area contributed by atoms with Crippen molar-refractivity contribution >= 4 is 17.3 Å². The van der Waals surface area contributed by atoms with Gasteiger partial charge in [-0.1, -0.05) is 6.92 Å². The first-order valence-corrected chi connectivity index (χ1v) is 6.86. The molecule has 0 radical (unpaired) electrons. The second kappa shape index (κ2) is 5.90. The van der Waals surface area contributed by atoms with Gasteiger partial charge in [0.1, 0.15) is 5.69 Å². The van der Waals surface area contributed by atoms with E-state index in [1.54, 1.807) is 11.0 Å². The SMILES string of the molecule is CCCN(CC1CC1)C(=O)c1ccc(N)c([N+](=O)[O-])c1. The molecule has 6 heteroatoms. The maximum atomic E-state index is 12.4. The number of nitrogens with zero attached hydrogens (tertiary/aromatic N) is 2. The van der Waals surface area contributed by atoms with Crippen LogP contribution in [-0.4, -0.2) is 28.8 Å². The zero-order valence-electron chi connectivity index (χ0n) is 11.5. The molecule has 0 aliphatic heterocycles. The van der Waals surface area contributed by atoms with Gasteiger partial charge < -0.3 is 10.6 Å². The van der Waals surface area contributed by atoms with Crippen LogP contribution in [-0.2, 0) is 0 Å². The zero-order valence-corrected chi connectivity index (χ0v) is 11.5. The zero-order chi connectivity index (χ0) is 14.7. The fourth-order valence-corrected chi connectivity index (χ4v) is 2.18. The summed E-state index contributed by atoms with van der Waals surface area (Å²) in [6.07, 6.45) is 3.19. The van der Waals surface area contributed by atoms with E-state index in [1.165, 1.54) is 12.1 Å². The molecule has 1 amide bonds. The van der Waals surface area contributed by atoms with E-state index in [-0.39, 0.29) is 17.3 Å². The summed E-state index contributed by atoms with van der Waals surface area (Å²) < 4.78 is 0. The van der Waals surface area contributed by atoms with Crippen LogP contribution in [0.25, 0.3) is 0 Å². The minimum absolute atomic E-state index is 0.0794. The highest BCUT2D eigenvalue weighted by Gasteiger charge is 2.27. The maximum absolute atomic E-state index is 12.4. The van der Waals surface area contributed by atoms with Crippen LogP contribution < -0.4 is 5.73 Å². The molecule has 1 fully saturated rings. The Balaban J connectivity index is 2.21. The number of hydrogen-bond acceptors (Lipinski definition) is 4. The Bertz CT molecular complexity index is 526. The van der Waals surface area contributed by atoms with Gasteiger partial charge in [0.15, 0.2) is 0 Å². The summed E-state index contributed by atoms with van der Waals surface area (Å²) in [7, 11) is 0. The average molecular weight is 277 g/mol. The normalized spacial score (nSPS) is 14.1. The molecule has 0 spiro atoms. The topological polar surface area (TPSA) is 89.5 Å². The second-order valence-corrected chi connectivity index (χ2v) is 5.23. The smallest absolute Gasteiger partial charge is 0.292 e. The Kier molecular flexibility index (Phi) is 4.22. The highest BCUT2D eigenvalue weighted by atomic mass is 16.6. The molecule has 1 aliphatic rings. The maximum Gasteiger partial charge on any atom is 0.292 e. The minimum atomic E-state index is -0.558. The van der Waals surface area contributed by atoms with E-state index >= 15 is 0 Å². The van der Waals surface area contributed by atoms with Crippen molar-refractivity contribution in [1.29, 1.82) is 0 Å². The summed E-state index contributed by atoms with van der Waals surface area (Å²) in [6, 6.07) is 4.25. The molecule has 0 heterocycles. The molecular weight excluding hydrogens is 258 g/mol. The number of nitrogens with two attached hydrogens (primary N) is 1. The lowest BCUT2D eigenvalue weighted by Crippen LogP contribution is -2.33. The van der Waals surface area contributed by atoms with Gasteiger partial charge in [-0.3, -0.25) is 14.9 Å². The Labute approximate surface area is 117 Å². The quantitative estimate of drug-likeness (QED) is 0.491. The van der Waals surface area contributed by atoms with Crippen molar-refractivity contribution in [3.05, 3.63) is 33.9 Å². The van der Waals surface area contributed by atoms with Crippen LogP contribution in [0.4, 0.5) is 11.4 Å². The van der Waals surface area contributed by atoms with Gasteiger partial charge >= 0.3 is 0 Å². The van der Waals surface area contributed by atoms with Gasteiger partial charge in [-0.05, 0) is 37.3 Å². The Morgan fingerprint density at radius 2 is 2.20 bits per heavy atom.